The number of hydrogen-bond acceptors (Lipinski definition) is 35. The Hall–Kier alpha value is -5.14. The maximum Gasteiger partial charge on any atom is 0.341 e. The predicted octanol–water partition coefficient (Wildman–Crippen LogP) is 0.443. The summed E-state index contributed by atoms with van der Waals surface area (Å²) in [6.45, 7) is 23.6. The van der Waals surface area contributed by atoms with Gasteiger partial charge in [-0.25, -0.2) is 4.79 Å². The molecule has 3 N–H and O–H groups in total. The van der Waals surface area contributed by atoms with Crippen LogP contribution in [0.25, 0.3) is 0 Å². The van der Waals surface area contributed by atoms with E-state index in [0.717, 1.165) is 10.5 Å². The quantitative estimate of drug-likeness (QED) is 0.0588. The third-order valence-corrected chi connectivity index (χ3v) is 15.4. The van der Waals surface area contributed by atoms with Crippen LogP contribution in [0.15, 0.2) is 36.4 Å². The highest BCUT2D eigenvalue weighted by molar-refractivity contribution is 6.13. The number of amides is 4. The Morgan fingerprint density at radius 3 is 0.839 bits per heavy atom. The van der Waals surface area contributed by atoms with Gasteiger partial charge < -0.3 is 153 Å². The van der Waals surface area contributed by atoms with Crippen molar-refractivity contribution in [3.05, 3.63) is 42.0 Å². The molecular formula is C79H139N3O36. The summed E-state index contributed by atoms with van der Waals surface area (Å²) < 4.78 is 159. The van der Waals surface area contributed by atoms with E-state index in [-0.39, 0.29) is 82.8 Å². The fraction of sp³-hybridized carbons (Fsp3) is 0.823. The Morgan fingerprint density at radius 2 is 0.568 bits per heavy atom. The van der Waals surface area contributed by atoms with Crippen molar-refractivity contribution in [2.45, 2.75) is 38.1 Å². The van der Waals surface area contributed by atoms with Crippen LogP contribution < -0.4 is 15.4 Å². The smallest absolute Gasteiger partial charge is 0.341 e. The number of ether oxygens (including phenoxy) is 29. The number of benzene rings is 1. The van der Waals surface area contributed by atoms with Gasteiger partial charge in [-0.2, -0.15) is 0 Å². The molecule has 1 heterocycles. The van der Waals surface area contributed by atoms with Crippen molar-refractivity contribution in [1.82, 2.24) is 15.5 Å². The Kier molecular flexibility index (Phi) is 81.4. The summed E-state index contributed by atoms with van der Waals surface area (Å²) in [5.74, 6) is -2.44. The van der Waals surface area contributed by atoms with Crippen LogP contribution in [0.2, 0.25) is 0 Å². The fourth-order valence-electron chi connectivity index (χ4n) is 9.36. The minimum Gasteiger partial charge on any atom is -0.482 e. The van der Waals surface area contributed by atoms with E-state index in [9.17, 15) is 28.8 Å². The lowest BCUT2D eigenvalue weighted by Crippen LogP contribution is -2.42. The van der Waals surface area contributed by atoms with Crippen LogP contribution in [0.1, 0.15) is 31.2 Å². The zero-order valence-corrected chi connectivity index (χ0v) is 69.8. The first-order valence-corrected chi connectivity index (χ1v) is 40.8. The lowest BCUT2D eigenvalue weighted by atomic mass is 9.99. The van der Waals surface area contributed by atoms with Crippen molar-refractivity contribution < 1.29 is 171 Å². The second-order valence-corrected chi connectivity index (χ2v) is 24.8. The molecule has 4 amide bonds. The van der Waals surface area contributed by atoms with Gasteiger partial charge in [0.1, 0.15) is 5.75 Å². The Balaban J connectivity index is 1.23. The Labute approximate surface area is 695 Å². The van der Waals surface area contributed by atoms with E-state index in [1.807, 2.05) is 0 Å². The number of carbonyl (C=O) groups is 6. The van der Waals surface area contributed by atoms with E-state index in [2.05, 4.69) is 10.6 Å². The maximum atomic E-state index is 13.4. The largest absolute Gasteiger partial charge is 0.482 e. The summed E-state index contributed by atoms with van der Waals surface area (Å²) in [5.41, 5.74) is 0.741. The third-order valence-electron chi connectivity index (χ3n) is 15.4. The van der Waals surface area contributed by atoms with E-state index in [4.69, 9.17) is 142 Å². The highest BCUT2D eigenvalue weighted by atomic mass is 16.6. The van der Waals surface area contributed by atoms with E-state index < -0.39 is 30.4 Å². The molecule has 0 bridgehead atoms. The number of aliphatic carboxylic acids is 1. The van der Waals surface area contributed by atoms with Crippen LogP contribution in [0.5, 0.6) is 5.75 Å². The predicted molar refractivity (Wildman–Crippen MR) is 422 cm³/mol. The molecule has 0 aliphatic carbocycles. The zero-order valence-electron chi connectivity index (χ0n) is 69.8. The molecule has 686 valence electrons. The molecule has 0 saturated carbocycles. The molecular weight excluding hydrogens is 1570 g/mol. The van der Waals surface area contributed by atoms with Gasteiger partial charge in [0.05, 0.1) is 363 Å². The molecule has 1 atom stereocenters. The van der Waals surface area contributed by atoms with Crippen LogP contribution in [-0.4, -0.2) is 442 Å². The topological polar surface area (TPSA) is 418 Å². The second kappa shape index (κ2) is 88.2. The van der Waals surface area contributed by atoms with Crippen molar-refractivity contribution in [3.63, 3.8) is 0 Å². The van der Waals surface area contributed by atoms with Gasteiger partial charge in [0.25, 0.3) is 11.8 Å². The van der Waals surface area contributed by atoms with E-state index in [1.165, 1.54) is 12.2 Å². The first kappa shape index (κ1) is 109. The highest BCUT2D eigenvalue weighted by Crippen LogP contribution is 2.15. The average molecular weight is 1710 g/mol. The fourth-order valence-corrected chi connectivity index (χ4v) is 9.36. The number of Topliss-reactive ketones (excluding diaryl/α,β-unsaturated/α-hetero) is 1. The SMILES string of the molecule is COCCOCCOCCOCCOCCOCCOCCOCCOCCOCCOCCOCCOCCOCCOCCOCCOCCOCCOCCOCCOCCOCCOCCOCCCC(=O)C(Cc1ccc(OCC(=O)O)cc1)NC(=O)CCOCCOCCOCCOCCNC(=O)CCN1C(=O)C=CC1=O. The van der Waals surface area contributed by atoms with Crippen LogP contribution in [-0.2, 0) is 168 Å². The molecule has 1 aromatic carbocycles. The standard InChI is InChI=1S/C79H139N3O36/c1-90-17-18-94-25-26-98-31-32-100-35-36-102-39-40-104-43-44-106-47-48-108-51-52-110-55-56-112-59-60-114-63-64-116-67-68-117-66-65-115-62-61-113-58-57-111-54-53-109-50-49-107-46-45-105-42-41-103-38-37-101-34-33-99-30-27-95-22-19-91-14-2-3-74(83)73(69-71-4-6-72(7-5-71)118-70-79(88)89)81-76(85)11-15-92-20-23-96-28-29-97-24-21-93-16-12-80-75(84)10-13-82-77(86)8-9-78(82)87/h4-9,73H,2-3,10-70H2,1H3,(H,80,84)(H,81,85)(H,88,89). The van der Waals surface area contributed by atoms with Gasteiger partial charge in [0, 0.05) is 58.2 Å². The van der Waals surface area contributed by atoms with E-state index in [1.54, 1.807) is 31.4 Å². The number of nitrogens with zero attached hydrogens (tertiary/aromatic N) is 1. The van der Waals surface area contributed by atoms with Gasteiger partial charge in [-0.3, -0.25) is 28.9 Å². The monoisotopic (exact) mass is 1710 g/mol. The van der Waals surface area contributed by atoms with Gasteiger partial charge in [0.15, 0.2) is 12.4 Å². The minimum absolute atomic E-state index is 0.00615. The number of ketones is 1. The Bertz CT molecular complexity index is 2440. The van der Waals surface area contributed by atoms with Gasteiger partial charge >= 0.3 is 5.97 Å². The number of hydrogen-bond donors (Lipinski definition) is 3. The van der Waals surface area contributed by atoms with Crippen LogP contribution in [0, 0.1) is 0 Å². The molecule has 1 unspecified atom stereocenters. The van der Waals surface area contributed by atoms with Gasteiger partial charge in [0.2, 0.25) is 11.8 Å². The average Bonchev–Trinajstić information content (AvgIpc) is 1.63. The lowest BCUT2D eigenvalue weighted by molar-refractivity contribution is -0.140. The van der Waals surface area contributed by atoms with Crippen LogP contribution in [0.4, 0.5) is 0 Å². The van der Waals surface area contributed by atoms with Crippen molar-refractivity contribution in [2.24, 2.45) is 0 Å². The molecule has 0 fully saturated rings. The van der Waals surface area contributed by atoms with Gasteiger partial charge in [-0.15, -0.1) is 0 Å². The molecule has 0 radical (unpaired) electrons. The molecule has 0 spiro atoms. The van der Waals surface area contributed by atoms with Gasteiger partial charge in [-0.1, -0.05) is 12.1 Å². The molecule has 118 heavy (non-hydrogen) atoms. The van der Waals surface area contributed by atoms with Crippen molar-refractivity contribution in [1.29, 1.82) is 0 Å². The number of carboxylic acids is 1. The molecule has 0 aromatic heterocycles. The molecule has 1 aliphatic heterocycles. The number of methoxy groups -OCH3 is 1. The summed E-state index contributed by atoms with van der Waals surface area (Å²) in [4.78, 5) is 73.4. The summed E-state index contributed by atoms with van der Waals surface area (Å²) >= 11 is 0. The Morgan fingerprint density at radius 1 is 0.314 bits per heavy atom. The summed E-state index contributed by atoms with van der Waals surface area (Å²) in [7, 11) is 1.64. The van der Waals surface area contributed by atoms with E-state index in [0.29, 0.717) is 349 Å². The lowest BCUT2D eigenvalue weighted by Gasteiger charge is -2.18. The van der Waals surface area contributed by atoms with Crippen LogP contribution >= 0.6 is 0 Å². The van der Waals surface area contributed by atoms with E-state index >= 15 is 0 Å². The first-order chi connectivity index (χ1) is 58.2. The number of imide groups is 1. The highest BCUT2D eigenvalue weighted by Gasteiger charge is 2.24. The van der Waals surface area contributed by atoms with Gasteiger partial charge in [-0.05, 0) is 30.5 Å². The van der Waals surface area contributed by atoms with Crippen molar-refractivity contribution >= 4 is 35.4 Å². The summed E-state index contributed by atoms with van der Waals surface area (Å²) in [6, 6.07) is 5.82. The molecule has 0 saturated heterocycles. The normalized spacial score (nSPS) is 12.4. The molecule has 39 heteroatoms. The second-order valence-electron chi connectivity index (χ2n) is 24.8. The number of carboxylic acid groups (broad SMARTS) is 1. The maximum absolute atomic E-state index is 13.4. The molecule has 39 nitrogen and oxygen atoms in total. The molecule has 2 rings (SSSR count). The third kappa shape index (κ3) is 77.0. The minimum atomic E-state index is -1.11. The number of nitrogens with one attached hydrogen (secondary N) is 2. The van der Waals surface area contributed by atoms with Crippen molar-refractivity contribution in [2.75, 3.05) is 390 Å². The number of carbonyl (C=O) groups excluding carboxylic acids is 5. The van der Waals surface area contributed by atoms with Crippen LogP contribution in [0.3, 0.4) is 0 Å². The molecule has 1 aliphatic rings. The summed E-state index contributed by atoms with van der Waals surface area (Å²) in [5, 5.41) is 14.4. The summed E-state index contributed by atoms with van der Waals surface area (Å²) in [6.07, 6.45) is 3.16. The van der Waals surface area contributed by atoms with Crippen molar-refractivity contribution in [3.8, 4) is 5.75 Å². The zero-order chi connectivity index (χ0) is 84.5. The molecule has 1 aromatic rings. The first-order valence-electron chi connectivity index (χ1n) is 40.8. The number of rotatable bonds is 98.